The maximum Gasteiger partial charge on any atom is 0.257 e. The average Bonchev–Trinajstić information content (AvgIpc) is 2.38. The summed E-state index contributed by atoms with van der Waals surface area (Å²) in [6.45, 7) is 4.04. The van der Waals surface area contributed by atoms with Crippen LogP contribution in [-0.4, -0.2) is 43.6 Å². The Bertz CT molecular complexity index is 456. The van der Waals surface area contributed by atoms with Crippen LogP contribution in [0, 0.1) is 5.82 Å². The van der Waals surface area contributed by atoms with Crippen LogP contribution in [0.2, 0.25) is 0 Å². The van der Waals surface area contributed by atoms with E-state index in [1.54, 1.807) is 11.0 Å². The van der Waals surface area contributed by atoms with Crippen LogP contribution in [0.15, 0.2) is 18.2 Å². The van der Waals surface area contributed by atoms with Gasteiger partial charge in [-0.05, 0) is 19.1 Å². The maximum atomic E-state index is 13.8. The van der Waals surface area contributed by atoms with Gasteiger partial charge in [-0.3, -0.25) is 4.79 Å². The second-order valence-corrected chi connectivity index (χ2v) is 4.40. The number of nitrogens with zero attached hydrogens (tertiary/aromatic N) is 1. The highest BCUT2D eigenvalue weighted by atomic mass is 35.5. The van der Waals surface area contributed by atoms with Gasteiger partial charge < -0.3 is 15.0 Å². The number of hydrogen-bond donors (Lipinski definition) is 1. The Hall–Kier alpha value is -1.33. The Morgan fingerprint density at radius 2 is 2.26 bits per heavy atom. The summed E-state index contributed by atoms with van der Waals surface area (Å²) >= 11 is 0. The molecule has 1 heterocycles. The fourth-order valence-corrected chi connectivity index (χ4v) is 2.09. The zero-order valence-corrected chi connectivity index (χ0v) is 11.8. The first-order valence-electron chi connectivity index (χ1n) is 5.98. The van der Waals surface area contributed by atoms with Crippen molar-refractivity contribution in [1.29, 1.82) is 0 Å². The molecule has 0 aliphatic carbocycles. The number of ether oxygens (including phenoxy) is 1. The summed E-state index contributed by atoms with van der Waals surface area (Å²) in [6.07, 6.45) is 0. The SMILES string of the molecule is COc1ccc(C(=O)N2CCNCC2C)c(F)c1.Cl. The van der Waals surface area contributed by atoms with E-state index in [-0.39, 0.29) is 29.9 Å². The Kier molecular flexibility index (Phi) is 5.57. The van der Waals surface area contributed by atoms with Crippen molar-refractivity contribution >= 4 is 18.3 Å². The predicted molar refractivity (Wildman–Crippen MR) is 73.6 cm³/mol. The van der Waals surface area contributed by atoms with E-state index in [0.717, 1.165) is 13.1 Å². The minimum absolute atomic E-state index is 0. The molecule has 2 rings (SSSR count). The molecule has 0 spiro atoms. The molecule has 1 aromatic carbocycles. The monoisotopic (exact) mass is 288 g/mol. The number of nitrogens with one attached hydrogen (secondary N) is 1. The molecule has 19 heavy (non-hydrogen) atoms. The van der Waals surface area contributed by atoms with Gasteiger partial charge >= 0.3 is 0 Å². The minimum Gasteiger partial charge on any atom is -0.497 e. The second kappa shape index (κ2) is 6.73. The van der Waals surface area contributed by atoms with Crippen molar-refractivity contribution in [2.75, 3.05) is 26.7 Å². The summed E-state index contributed by atoms with van der Waals surface area (Å²) in [5.74, 6) is -0.383. The molecule has 0 bridgehead atoms. The maximum absolute atomic E-state index is 13.8. The van der Waals surface area contributed by atoms with Gasteiger partial charge in [-0.1, -0.05) is 0 Å². The molecular weight excluding hydrogens is 271 g/mol. The molecule has 106 valence electrons. The molecule has 0 aromatic heterocycles. The number of hydrogen-bond acceptors (Lipinski definition) is 3. The third-order valence-electron chi connectivity index (χ3n) is 3.17. The van der Waals surface area contributed by atoms with E-state index in [9.17, 15) is 9.18 Å². The highest BCUT2D eigenvalue weighted by Crippen LogP contribution is 2.19. The van der Waals surface area contributed by atoms with Gasteiger partial charge in [0.2, 0.25) is 0 Å². The number of carbonyl (C=O) groups excluding carboxylic acids is 1. The van der Waals surface area contributed by atoms with Crippen molar-refractivity contribution in [3.05, 3.63) is 29.6 Å². The van der Waals surface area contributed by atoms with Crippen LogP contribution >= 0.6 is 12.4 Å². The summed E-state index contributed by atoms with van der Waals surface area (Å²) in [4.78, 5) is 13.9. The standard InChI is InChI=1S/C13H17FN2O2.ClH/c1-9-8-15-5-6-16(9)13(17)11-4-3-10(18-2)7-12(11)14;/h3-4,7,9,15H,5-6,8H2,1-2H3;1H. The number of methoxy groups -OCH3 is 1. The summed E-state index contributed by atoms with van der Waals surface area (Å²) in [5.41, 5.74) is 0.101. The van der Waals surface area contributed by atoms with Crippen LogP contribution < -0.4 is 10.1 Å². The lowest BCUT2D eigenvalue weighted by molar-refractivity contribution is 0.0651. The van der Waals surface area contributed by atoms with E-state index in [1.165, 1.54) is 19.2 Å². The smallest absolute Gasteiger partial charge is 0.257 e. The van der Waals surface area contributed by atoms with Gasteiger partial charge in [0.05, 0.1) is 12.7 Å². The number of piperazine rings is 1. The summed E-state index contributed by atoms with van der Waals surface area (Å²) in [6, 6.07) is 4.39. The zero-order valence-electron chi connectivity index (χ0n) is 11.0. The summed E-state index contributed by atoms with van der Waals surface area (Å²) in [5, 5.41) is 3.20. The van der Waals surface area contributed by atoms with E-state index in [0.29, 0.717) is 12.3 Å². The molecule has 1 atom stereocenters. The van der Waals surface area contributed by atoms with Gasteiger partial charge in [0.25, 0.3) is 5.91 Å². The molecule has 1 N–H and O–H groups in total. The first kappa shape index (κ1) is 15.7. The molecule has 1 unspecified atom stereocenters. The Morgan fingerprint density at radius 1 is 1.53 bits per heavy atom. The van der Waals surface area contributed by atoms with Gasteiger partial charge in [0, 0.05) is 31.7 Å². The van der Waals surface area contributed by atoms with Crippen LogP contribution in [0.3, 0.4) is 0 Å². The van der Waals surface area contributed by atoms with Crippen LogP contribution in [-0.2, 0) is 0 Å². The molecule has 6 heteroatoms. The zero-order chi connectivity index (χ0) is 13.1. The van der Waals surface area contributed by atoms with E-state index in [4.69, 9.17) is 4.74 Å². The number of benzene rings is 1. The molecule has 1 fully saturated rings. The van der Waals surface area contributed by atoms with Crippen LogP contribution in [0.4, 0.5) is 4.39 Å². The van der Waals surface area contributed by atoms with Crippen molar-refractivity contribution in [1.82, 2.24) is 10.2 Å². The molecule has 1 aliphatic heterocycles. The Morgan fingerprint density at radius 3 is 2.84 bits per heavy atom. The first-order chi connectivity index (χ1) is 8.63. The van der Waals surface area contributed by atoms with E-state index < -0.39 is 5.82 Å². The number of carbonyl (C=O) groups is 1. The largest absolute Gasteiger partial charge is 0.497 e. The Labute approximate surface area is 118 Å². The topological polar surface area (TPSA) is 41.6 Å². The highest BCUT2D eigenvalue weighted by Gasteiger charge is 2.25. The highest BCUT2D eigenvalue weighted by molar-refractivity contribution is 5.95. The first-order valence-corrected chi connectivity index (χ1v) is 5.98. The van der Waals surface area contributed by atoms with Crippen molar-refractivity contribution in [2.24, 2.45) is 0 Å². The molecule has 0 saturated carbocycles. The van der Waals surface area contributed by atoms with Crippen LogP contribution in [0.1, 0.15) is 17.3 Å². The second-order valence-electron chi connectivity index (χ2n) is 4.40. The van der Waals surface area contributed by atoms with E-state index >= 15 is 0 Å². The molecule has 1 aliphatic rings. The van der Waals surface area contributed by atoms with Crippen molar-refractivity contribution in [3.63, 3.8) is 0 Å². The molecular formula is C13H18ClFN2O2. The fourth-order valence-electron chi connectivity index (χ4n) is 2.09. The minimum atomic E-state index is -0.537. The van der Waals surface area contributed by atoms with Crippen molar-refractivity contribution in [2.45, 2.75) is 13.0 Å². The van der Waals surface area contributed by atoms with Crippen LogP contribution in [0.5, 0.6) is 5.75 Å². The number of rotatable bonds is 2. The fraction of sp³-hybridized carbons (Fsp3) is 0.462. The predicted octanol–water partition coefficient (Wildman–Crippen LogP) is 1.69. The molecule has 1 aromatic rings. The molecule has 4 nitrogen and oxygen atoms in total. The van der Waals surface area contributed by atoms with Crippen molar-refractivity contribution < 1.29 is 13.9 Å². The van der Waals surface area contributed by atoms with Gasteiger partial charge in [0.1, 0.15) is 11.6 Å². The third kappa shape index (κ3) is 3.36. The average molecular weight is 289 g/mol. The van der Waals surface area contributed by atoms with Gasteiger partial charge in [-0.25, -0.2) is 4.39 Å². The molecule has 0 radical (unpaired) electrons. The summed E-state index contributed by atoms with van der Waals surface area (Å²) < 4.78 is 18.7. The lowest BCUT2D eigenvalue weighted by atomic mass is 10.1. The Balaban J connectivity index is 0.00000180. The van der Waals surface area contributed by atoms with E-state index in [1.807, 2.05) is 6.92 Å². The number of amides is 1. The summed E-state index contributed by atoms with van der Waals surface area (Å²) in [7, 11) is 1.47. The quantitative estimate of drug-likeness (QED) is 0.900. The van der Waals surface area contributed by atoms with Gasteiger partial charge in [-0.15, -0.1) is 12.4 Å². The molecule has 1 saturated heterocycles. The lowest BCUT2D eigenvalue weighted by Gasteiger charge is -2.34. The lowest BCUT2D eigenvalue weighted by Crippen LogP contribution is -2.52. The van der Waals surface area contributed by atoms with Crippen molar-refractivity contribution in [3.8, 4) is 5.75 Å². The van der Waals surface area contributed by atoms with Crippen LogP contribution in [0.25, 0.3) is 0 Å². The third-order valence-corrected chi connectivity index (χ3v) is 3.17. The van der Waals surface area contributed by atoms with Gasteiger partial charge in [-0.2, -0.15) is 0 Å². The number of halogens is 2. The molecule has 1 amide bonds. The normalized spacial score (nSPS) is 18.7. The van der Waals surface area contributed by atoms with Gasteiger partial charge in [0.15, 0.2) is 0 Å². The van der Waals surface area contributed by atoms with E-state index in [2.05, 4.69) is 5.32 Å².